The Labute approximate surface area is 166 Å². The van der Waals surface area contributed by atoms with Gasteiger partial charge < -0.3 is 14.8 Å². The average molecular weight is 424 g/mol. The van der Waals surface area contributed by atoms with Gasteiger partial charge in [0.2, 0.25) is 11.8 Å². The zero-order valence-electron chi connectivity index (χ0n) is 15.2. The van der Waals surface area contributed by atoms with Crippen molar-refractivity contribution in [3.63, 3.8) is 0 Å². The Morgan fingerprint density at radius 3 is 2.89 bits per heavy atom. The maximum absolute atomic E-state index is 12.8. The lowest BCUT2D eigenvalue weighted by atomic mass is 9.93. The number of imidazole rings is 1. The van der Waals surface area contributed by atoms with E-state index in [9.17, 15) is 18.0 Å². The molecule has 9 nitrogen and oxygen atoms in total. The van der Waals surface area contributed by atoms with Gasteiger partial charge in [0, 0.05) is 37.1 Å². The highest BCUT2D eigenvalue weighted by Gasteiger charge is 2.44. The van der Waals surface area contributed by atoms with E-state index in [0.29, 0.717) is 19.4 Å². The number of aryl methyl sites for hydroxylation is 1. The van der Waals surface area contributed by atoms with E-state index in [-0.39, 0.29) is 23.3 Å². The fraction of sp³-hybridized carbons (Fsp3) is 0.471. The van der Waals surface area contributed by atoms with Gasteiger partial charge in [-0.25, -0.2) is 18.1 Å². The van der Waals surface area contributed by atoms with E-state index >= 15 is 0 Å². The van der Waals surface area contributed by atoms with Crippen LogP contribution in [0.2, 0.25) is 0 Å². The molecule has 2 aromatic heterocycles. The zero-order chi connectivity index (χ0) is 19.9. The topological polar surface area (TPSA) is 113 Å². The van der Waals surface area contributed by atoms with Crippen LogP contribution in [0.4, 0.5) is 0 Å². The van der Waals surface area contributed by atoms with E-state index < -0.39 is 28.1 Å². The molecule has 3 atom stereocenters. The summed E-state index contributed by atoms with van der Waals surface area (Å²) in [6.07, 6.45) is 4.01. The number of hydrogen-bond acceptors (Lipinski definition) is 6. The lowest BCUT2D eigenvalue weighted by molar-refractivity contribution is -0.151. The zero-order valence-corrected chi connectivity index (χ0v) is 16.9. The number of fused-ring (bicyclic) bond motifs is 1. The molecule has 0 aliphatic carbocycles. The molecular formula is C17H21N5O4S2. The van der Waals surface area contributed by atoms with Crippen LogP contribution in [-0.2, 0) is 33.1 Å². The molecule has 2 aliphatic rings. The average Bonchev–Trinajstić information content (AvgIpc) is 3.31. The van der Waals surface area contributed by atoms with Crippen molar-refractivity contribution in [2.45, 2.75) is 42.4 Å². The molecule has 0 saturated carbocycles. The Hall–Kier alpha value is -2.24. The first-order valence-corrected chi connectivity index (χ1v) is 11.3. The van der Waals surface area contributed by atoms with Gasteiger partial charge in [0.1, 0.15) is 12.1 Å². The van der Waals surface area contributed by atoms with Gasteiger partial charge in [0.05, 0.1) is 6.33 Å². The standard InChI is InChI=1S/C17H21N5O4S2/c1-21-9-15(18-10-21)28(25,26)20-11-4-5-22-14(7-11)16(23)19-13(17(22)24)8-12-3-2-6-27-12/h2-3,6,9-11,13-14,20H,4-5,7-8H2,1H3,(H,19,23). The smallest absolute Gasteiger partial charge is 0.259 e. The summed E-state index contributed by atoms with van der Waals surface area (Å²) in [5.74, 6) is -0.341. The van der Waals surface area contributed by atoms with Crippen molar-refractivity contribution in [1.82, 2.24) is 24.5 Å². The minimum Gasteiger partial charge on any atom is -0.342 e. The second kappa shape index (κ2) is 7.30. The third-order valence-corrected chi connectivity index (χ3v) is 7.37. The number of sulfonamides is 1. The van der Waals surface area contributed by atoms with Gasteiger partial charge in [-0.05, 0) is 24.3 Å². The van der Waals surface area contributed by atoms with E-state index in [1.54, 1.807) is 27.9 Å². The van der Waals surface area contributed by atoms with E-state index in [1.807, 2.05) is 17.5 Å². The van der Waals surface area contributed by atoms with Gasteiger partial charge in [-0.2, -0.15) is 0 Å². The molecule has 0 spiro atoms. The Morgan fingerprint density at radius 1 is 1.39 bits per heavy atom. The van der Waals surface area contributed by atoms with Gasteiger partial charge in [-0.3, -0.25) is 9.59 Å². The van der Waals surface area contributed by atoms with Gasteiger partial charge in [-0.1, -0.05) is 6.07 Å². The fourth-order valence-electron chi connectivity index (χ4n) is 3.69. The van der Waals surface area contributed by atoms with Crippen LogP contribution in [0.1, 0.15) is 17.7 Å². The van der Waals surface area contributed by atoms with Crippen molar-refractivity contribution in [3.8, 4) is 0 Å². The molecule has 0 bridgehead atoms. The molecule has 11 heteroatoms. The molecule has 4 rings (SSSR count). The number of amides is 2. The van der Waals surface area contributed by atoms with Crippen LogP contribution in [-0.4, -0.2) is 59.4 Å². The fourth-order valence-corrected chi connectivity index (χ4v) is 5.71. The number of piperazine rings is 1. The third kappa shape index (κ3) is 3.69. The largest absolute Gasteiger partial charge is 0.342 e. The van der Waals surface area contributed by atoms with Crippen LogP contribution in [0.15, 0.2) is 35.1 Å². The van der Waals surface area contributed by atoms with Crippen LogP contribution in [0.3, 0.4) is 0 Å². The van der Waals surface area contributed by atoms with Crippen LogP contribution < -0.4 is 10.0 Å². The van der Waals surface area contributed by atoms with Gasteiger partial charge in [-0.15, -0.1) is 11.3 Å². The van der Waals surface area contributed by atoms with Crippen LogP contribution >= 0.6 is 11.3 Å². The second-order valence-corrected chi connectivity index (χ2v) is 9.81. The minimum absolute atomic E-state index is 0.0578. The first-order chi connectivity index (χ1) is 13.3. The van der Waals surface area contributed by atoms with Crippen molar-refractivity contribution in [1.29, 1.82) is 0 Å². The number of aromatic nitrogens is 2. The predicted octanol–water partition coefficient (Wildman–Crippen LogP) is -0.139. The predicted molar refractivity (Wildman–Crippen MR) is 102 cm³/mol. The Bertz CT molecular complexity index is 985. The Morgan fingerprint density at radius 2 is 2.21 bits per heavy atom. The molecule has 2 aliphatic heterocycles. The molecule has 3 unspecified atom stereocenters. The molecule has 2 amide bonds. The molecule has 2 N–H and O–H groups in total. The summed E-state index contributed by atoms with van der Waals surface area (Å²) in [7, 11) is -2.08. The Kier molecular flexibility index (Phi) is 4.98. The lowest BCUT2D eigenvalue weighted by Gasteiger charge is -2.44. The molecule has 28 heavy (non-hydrogen) atoms. The summed E-state index contributed by atoms with van der Waals surface area (Å²) in [5, 5.41) is 4.68. The number of rotatable bonds is 5. The lowest BCUT2D eigenvalue weighted by Crippen LogP contribution is -2.67. The normalized spacial score (nSPS) is 25.5. The molecule has 4 heterocycles. The highest BCUT2D eigenvalue weighted by molar-refractivity contribution is 7.89. The monoisotopic (exact) mass is 423 g/mol. The van der Waals surface area contributed by atoms with Gasteiger partial charge in [0.25, 0.3) is 10.0 Å². The number of carbonyl (C=O) groups is 2. The number of hydrogen-bond donors (Lipinski definition) is 2. The van der Waals surface area contributed by atoms with E-state index in [1.165, 1.54) is 12.5 Å². The SMILES string of the molecule is Cn1cnc(S(=O)(=O)NC2CCN3C(=O)C(Cc4cccs4)NC(=O)C3C2)c1. The summed E-state index contributed by atoms with van der Waals surface area (Å²) < 4.78 is 29.1. The molecule has 2 saturated heterocycles. The van der Waals surface area contributed by atoms with Gasteiger partial charge >= 0.3 is 0 Å². The Balaban J connectivity index is 1.43. The van der Waals surface area contributed by atoms with Crippen molar-refractivity contribution in [2.24, 2.45) is 7.05 Å². The van der Waals surface area contributed by atoms with Crippen LogP contribution in [0, 0.1) is 0 Å². The van der Waals surface area contributed by atoms with E-state index in [4.69, 9.17) is 0 Å². The van der Waals surface area contributed by atoms with Gasteiger partial charge in [0.15, 0.2) is 5.03 Å². The molecule has 150 valence electrons. The maximum Gasteiger partial charge on any atom is 0.259 e. The number of carbonyl (C=O) groups excluding carboxylic acids is 2. The highest BCUT2D eigenvalue weighted by Crippen LogP contribution is 2.25. The quantitative estimate of drug-likeness (QED) is 0.695. The van der Waals surface area contributed by atoms with Crippen LogP contribution in [0.25, 0.3) is 0 Å². The molecule has 2 aromatic rings. The van der Waals surface area contributed by atoms with Crippen LogP contribution in [0.5, 0.6) is 0 Å². The van der Waals surface area contributed by atoms with Crippen molar-refractivity contribution < 1.29 is 18.0 Å². The molecule has 0 radical (unpaired) electrons. The van der Waals surface area contributed by atoms with Crippen molar-refractivity contribution in [2.75, 3.05) is 6.54 Å². The van der Waals surface area contributed by atoms with Crippen molar-refractivity contribution >= 4 is 33.2 Å². The number of nitrogens with one attached hydrogen (secondary N) is 2. The molecular weight excluding hydrogens is 402 g/mol. The summed E-state index contributed by atoms with van der Waals surface area (Å²) in [6.45, 7) is 0.341. The molecule has 0 aromatic carbocycles. The van der Waals surface area contributed by atoms with Crippen molar-refractivity contribution in [3.05, 3.63) is 34.9 Å². The first-order valence-electron chi connectivity index (χ1n) is 8.97. The maximum atomic E-state index is 12.8. The number of nitrogens with zero attached hydrogens (tertiary/aromatic N) is 3. The summed E-state index contributed by atoms with van der Waals surface area (Å²) >= 11 is 1.55. The minimum atomic E-state index is -3.77. The van der Waals surface area contributed by atoms with E-state index in [2.05, 4.69) is 15.0 Å². The molecule has 2 fully saturated rings. The highest BCUT2D eigenvalue weighted by atomic mass is 32.2. The first kappa shape index (κ1) is 19.1. The second-order valence-electron chi connectivity index (χ2n) is 7.11. The summed E-state index contributed by atoms with van der Waals surface area (Å²) in [6, 6.07) is 2.20. The number of thiophene rings is 1. The van der Waals surface area contributed by atoms with E-state index in [0.717, 1.165) is 4.88 Å². The third-order valence-electron chi connectivity index (χ3n) is 5.07. The summed E-state index contributed by atoms with van der Waals surface area (Å²) in [4.78, 5) is 31.9. The summed E-state index contributed by atoms with van der Waals surface area (Å²) in [5.41, 5.74) is 0. The number of piperidine rings is 1.